The van der Waals surface area contributed by atoms with Gasteiger partial charge in [-0.15, -0.1) is 0 Å². The number of fused-ring (bicyclic) bond motifs is 3. The molecular weight excluding hydrogens is 459 g/mol. The molecule has 1 aliphatic carbocycles. The lowest BCUT2D eigenvalue weighted by Gasteiger charge is -2.23. The molecule has 34 heavy (non-hydrogen) atoms. The Morgan fingerprint density at radius 2 is 2.12 bits per heavy atom. The van der Waals surface area contributed by atoms with Crippen LogP contribution in [0.15, 0.2) is 35.2 Å². The molecule has 7 nitrogen and oxygen atoms in total. The Kier molecular flexibility index (Phi) is 6.02. The Labute approximate surface area is 199 Å². The Morgan fingerprint density at radius 3 is 2.88 bits per heavy atom. The highest BCUT2D eigenvalue weighted by molar-refractivity contribution is 7.92. The number of aryl methyl sites for hydroxylation is 1. The monoisotopic (exact) mass is 488 g/mol. The van der Waals surface area contributed by atoms with E-state index in [1.807, 2.05) is 0 Å². The van der Waals surface area contributed by atoms with E-state index in [1.54, 1.807) is 6.07 Å². The van der Waals surface area contributed by atoms with Gasteiger partial charge < -0.3 is 14.7 Å². The van der Waals surface area contributed by atoms with E-state index in [0.29, 0.717) is 30.6 Å². The van der Waals surface area contributed by atoms with Crippen LogP contribution >= 0.6 is 0 Å². The average molecular weight is 489 g/mol. The maximum Gasteiger partial charge on any atom is 0.341 e. The van der Waals surface area contributed by atoms with Gasteiger partial charge in [0.25, 0.3) is 10.0 Å². The van der Waals surface area contributed by atoms with Crippen LogP contribution in [0.5, 0.6) is 5.75 Å². The lowest BCUT2D eigenvalue weighted by atomic mass is 10.0. The topological polar surface area (TPSA) is 95.9 Å². The van der Waals surface area contributed by atoms with Crippen LogP contribution in [0, 0.1) is 11.7 Å². The number of aromatic carboxylic acids is 1. The molecule has 1 saturated heterocycles. The molecule has 0 radical (unpaired) electrons. The average Bonchev–Trinajstić information content (AvgIpc) is 3.45. The zero-order valence-electron chi connectivity index (χ0n) is 19.1. The summed E-state index contributed by atoms with van der Waals surface area (Å²) in [4.78, 5) is 14.4. The minimum Gasteiger partial charge on any atom is -0.492 e. The van der Waals surface area contributed by atoms with Crippen molar-refractivity contribution in [2.75, 3.05) is 24.4 Å². The Hall–Kier alpha value is -2.65. The molecule has 5 rings (SSSR count). The molecular formula is C25H29FN2O5S. The number of carboxylic acids is 1. The summed E-state index contributed by atoms with van der Waals surface area (Å²) < 4.78 is 49.0. The van der Waals surface area contributed by atoms with Crippen molar-refractivity contribution >= 4 is 21.7 Å². The number of anilines is 1. The SMILES string of the molecule is CCN1CCCC1CCc1cc(F)ccc1S(=O)(=O)Nc1ccc2c(c1C(=O)O)OCC1CC21. The van der Waals surface area contributed by atoms with Crippen LogP contribution in [0.25, 0.3) is 0 Å². The Balaban J connectivity index is 1.44. The van der Waals surface area contributed by atoms with Gasteiger partial charge in [-0.25, -0.2) is 17.6 Å². The highest BCUT2D eigenvalue weighted by Crippen LogP contribution is 2.55. The molecule has 2 N–H and O–H groups in total. The number of nitrogens with zero attached hydrogens (tertiary/aromatic N) is 1. The molecule has 1 saturated carbocycles. The van der Waals surface area contributed by atoms with Crippen LogP contribution in [0.2, 0.25) is 0 Å². The van der Waals surface area contributed by atoms with Crippen LogP contribution in [-0.2, 0) is 16.4 Å². The number of nitrogens with one attached hydrogen (secondary N) is 1. The number of hydrogen-bond acceptors (Lipinski definition) is 5. The molecule has 2 fully saturated rings. The van der Waals surface area contributed by atoms with E-state index >= 15 is 0 Å². The van der Waals surface area contributed by atoms with E-state index in [2.05, 4.69) is 16.5 Å². The van der Waals surface area contributed by atoms with Crippen molar-refractivity contribution in [3.05, 3.63) is 52.8 Å². The summed E-state index contributed by atoms with van der Waals surface area (Å²) in [5, 5.41) is 9.86. The number of halogens is 1. The number of carboxylic acid groups (broad SMARTS) is 1. The molecule has 2 aromatic carbocycles. The predicted octanol–water partition coefficient (Wildman–Crippen LogP) is 4.24. The van der Waals surface area contributed by atoms with Gasteiger partial charge in [0.2, 0.25) is 0 Å². The summed E-state index contributed by atoms with van der Waals surface area (Å²) in [7, 11) is -4.16. The van der Waals surface area contributed by atoms with Gasteiger partial charge in [0.1, 0.15) is 17.1 Å². The first-order chi connectivity index (χ1) is 16.3. The van der Waals surface area contributed by atoms with Gasteiger partial charge in [0, 0.05) is 12.0 Å². The third-order valence-corrected chi connectivity index (χ3v) is 8.84. The minimum absolute atomic E-state index is 0.0350. The van der Waals surface area contributed by atoms with Crippen LogP contribution < -0.4 is 9.46 Å². The lowest BCUT2D eigenvalue weighted by molar-refractivity contribution is 0.0692. The molecule has 3 aliphatic rings. The standard InChI is InChI=1S/C25H29FN2O5S/c1-2-28-11-3-4-18(28)7-5-15-12-17(26)6-10-22(15)34(31,32)27-21-9-8-19-20-13-16(20)14-33-24(19)23(21)25(29)30/h6,8-10,12,16,18,20,27H,2-5,7,11,13-14H2,1H3,(H,29,30). The molecule has 0 spiro atoms. The summed E-state index contributed by atoms with van der Waals surface area (Å²) in [5.41, 5.74) is 0.978. The van der Waals surface area contributed by atoms with Crippen molar-refractivity contribution in [2.24, 2.45) is 5.92 Å². The van der Waals surface area contributed by atoms with Gasteiger partial charge in [-0.1, -0.05) is 13.0 Å². The predicted molar refractivity (Wildman–Crippen MR) is 126 cm³/mol. The number of rotatable bonds is 8. The first-order valence-electron chi connectivity index (χ1n) is 11.9. The van der Waals surface area contributed by atoms with Gasteiger partial charge >= 0.3 is 5.97 Å². The van der Waals surface area contributed by atoms with Crippen molar-refractivity contribution < 1.29 is 27.4 Å². The maximum atomic E-state index is 14.1. The third-order valence-electron chi connectivity index (χ3n) is 7.37. The smallest absolute Gasteiger partial charge is 0.341 e. The molecule has 2 aromatic rings. The molecule has 182 valence electrons. The van der Waals surface area contributed by atoms with Gasteiger partial charge in [0.15, 0.2) is 0 Å². The number of ether oxygens (including phenoxy) is 1. The van der Waals surface area contributed by atoms with Crippen LogP contribution in [-0.4, -0.2) is 50.1 Å². The first kappa shape index (κ1) is 23.1. The zero-order chi connectivity index (χ0) is 24.0. The third kappa shape index (κ3) is 4.27. The summed E-state index contributed by atoms with van der Waals surface area (Å²) in [6, 6.07) is 7.22. The second kappa shape index (κ2) is 8.85. The van der Waals surface area contributed by atoms with Crippen molar-refractivity contribution in [1.29, 1.82) is 0 Å². The molecule has 2 aliphatic heterocycles. The van der Waals surface area contributed by atoms with Crippen LogP contribution in [0.3, 0.4) is 0 Å². The van der Waals surface area contributed by atoms with E-state index < -0.39 is 21.8 Å². The van der Waals surface area contributed by atoms with Crippen LogP contribution in [0.1, 0.15) is 60.0 Å². The quantitative estimate of drug-likeness (QED) is 0.577. The second-order valence-electron chi connectivity index (χ2n) is 9.45. The minimum atomic E-state index is -4.16. The zero-order valence-corrected chi connectivity index (χ0v) is 19.9. The summed E-state index contributed by atoms with van der Waals surface area (Å²) in [5.74, 6) is -0.836. The van der Waals surface area contributed by atoms with E-state index in [4.69, 9.17) is 4.74 Å². The molecule has 0 aromatic heterocycles. The number of hydrogen-bond donors (Lipinski definition) is 2. The highest BCUT2D eigenvalue weighted by atomic mass is 32.2. The fourth-order valence-electron chi connectivity index (χ4n) is 5.51. The molecule has 0 amide bonds. The van der Waals surface area contributed by atoms with Gasteiger partial charge in [-0.3, -0.25) is 4.72 Å². The molecule has 3 unspecified atom stereocenters. The molecule has 9 heteroatoms. The van der Waals surface area contributed by atoms with Crippen LogP contribution in [0.4, 0.5) is 10.1 Å². The Morgan fingerprint density at radius 1 is 1.29 bits per heavy atom. The summed E-state index contributed by atoms with van der Waals surface area (Å²) in [6.07, 6.45) is 4.25. The Bertz CT molecular complexity index is 1230. The maximum absolute atomic E-state index is 14.1. The normalized spacial score (nSPS) is 23.6. The summed E-state index contributed by atoms with van der Waals surface area (Å²) >= 11 is 0. The number of likely N-dealkylation sites (tertiary alicyclic amines) is 1. The molecule has 3 atom stereocenters. The van der Waals surface area contributed by atoms with E-state index in [0.717, 1.165) is 50.4 Å². The van der Waals surface area contributed by atoms with Gasteiger partial charge in [-0.05, 0) is 86.5 Å². The highest BCUT2D eigenvalue weighted by Gasteiger charge is 2.45. The molecule has 0 bridgehead atoms. The summed E-state index contributed by atoms with van der Waals surface area (Å²) in [6.45, 7) is 4.50. The van der Waals surface area contributed by atoms with Gasteiger partial charge in [-0.2, -0.15) is 0 Å². The number of carbonyl (C=O) groups is 1. The molecule has 2 heterocycles. The van der Waals surface area contributed by atoms with E-state index in [9.17, 15) is 22.7 Å². The number of sulfonamides is 1. The van der Waals surface area contributed by atoms with Crippen molar-refractivity contribution in [1.82, 2.24) is 4.90 Å². The van der Waals surface area contributed by atoms with E-state index in [-0.39, 0.29) is 27.8 Å². The largest absolute Gasteiger partial charge is 0.492 e. The second-order valence-corrected chi connectivity index (χ2v) is 11.1. The lowest BCUT2D eigenvalue weighted by Crippen LogP contribution is -2.29. The van der Waals surface area contributed by atoms with E-state index in [1.165, 1.54) is 18.2 Å². The fraction of sp³-hybridized carbons (Fsp3) is 0.480. The van der Waals surface area contributed by atoms with Gasteiger partial charge in [0.05, 0.1) is 17.2 Å². The van der Waals surface area contributed by atoms with Crippen molar-refractivity contribution in [3.63, 3.8) is 0 Å². The van der Waals surface area contributed by atoms with Crippen molar-refractivity contribution in [2.45, 2.75) is 55.9 Å². The first-order valence-corrected chi connectivity index (χ1v) is 13.3. The van der Waals surface area contributed by atoms with Crippen molar-refractivity contribution in [3.8, 4) is 5.75 Å². The fourth-order valence-corrected chi connectivity index (χ4v) is 6.84. The number of benzene rings is 2.